The van der Waals surface area contributed by atoms with E-state index in [1.165, 1.54) is 16.5 Å². The molecule has 2 heterocycles. The molecule has 0 saturated carbocycles. The Morgan fingerprint density at radius 3 is 2.41 bits per heavy atom. The third-order valence-corrected chi connectivity index (χ3v) is 8.41. The van der Waals surface area contributed by atoms with Crippen molar-refractivity contribution in [2.24, 2.45) is 11.3 Å². The van der Waals surface area contributed by atoms with Crippen LogP contribution in [0.25, 0.3) is 6.08 Å². The van der Waals surface area contributed by atoms with E-state index in [9.17, 15) is 9.59 Å². The molecule has 1 aliphatic carbocycles. The third kappa shape index (κ3) is 5.42. The maximum absolute atomic E-state index is 13.1. The second-order valence-electron chi connectivity index (χ2n) is 10.7. The summed E-state index contributed by atoms with van der Waals surface area (Å²) in [5.41, 5.74) is 4.06. The van der Waals surface area contributed by atoms with Gasteiger partial charge in [-0.25, -0.2) is 4.79 Å². The number of benzene rings is 2. The van der Waals surface area contributed by atoms with E-state index in [0.29, 0.717) is 11.7 Å². The van der Waals surface area contributed by atoms with Crippen LogP contribution < -0.4 is 20.1 Å². The average Bonchev–Trinajstić information content (AvgIpc) is 3.26. The van der Waals surface area contributed by atoms with Gasteiger partial charge in [0, 0.05) is 11.0 Å². The largest absolute Gasteiger partial charge is 0.497 e. The molecule has 2 aliphatic rings. The Morgan fingerprint density at radius 1 is 1.03 bits per heavy atom. The van der Waals surface area contributed by atoms with Gasteiger partial charge in [-0.2, -0.15) is 0 Å². The molecule has 5 rings (SSSR count). The summed E-state index contributed by atoms with van der Waals surface area (Å²) in [5.74, 6) is 1.34. The number of carbonyl (C=O) groups excluding carboxylic acids is 2. The molecular weight excluding hydrogens is 484 g/mol. The average molecular weight is 517 g/mol. The van der Waals surface area contributed by atoms with E-state index in [1.54, 1.807) is 36.7 Å². The smallest absolute Gasteiger partial charge is 0.336 e. The number of hydrogen-bond acceptors (Lipinski definition) is 6. The lowest BCUT2D eigenvalue weighted by atomic mass is 9.72. The molecule has 6 nitrogen and oxygen atoms in total. The molecule has 7 heteroatoms. The fraction of sp³-hybridized carbons (Fsp3) is 0.333. The van der Waals surface area contributed by atoms with E-state index in [4.69, 9.17) is 9.47 Å². The van der Waals surface area contributed by atoms with Gasteiger partial charge in [-0.1, -0.05) is 45.0 Å². The van der Waals surface area contributed by atoms with Gasteiger partial charge in [0.25, 0.3) is 5.91 Å². The van der Waals surface area contributed by atoms with E-state index in [2.05, 4.69) is 31.4 Å². The van der Waals surface area contributed by atoms with Crippen LogP contribution >= 0.6 is 11.3 Å². The van der Waals surface area contributed by atoms with E-state index in [0.717, 1.165) is 46.7 Å². The fourth-order valence-corrected chi connectivity index (χ4v) is 6.31. The molecule has 2 atom stereocenters. The van der Waals surface area contributed by atoms with Crippen LogP contribution in [0.15, 0.2) is 54.6 Å². The molecule has 0 spiro atoms. The van der Waals surface area contributed by atoms with Crippen LogP contribution in [0.3, 0.4) is 0 Å². The first-order chi connectivity index (χ1) is 17.7. The van der Waals surface area contributed by atoms with E-state index < -0.39 is 5.97 Å². The molecule has 1 amide bonds. The topological polar surface area (TPSA) is 76.7 Å². The lowest BCUT2D eigenvalue weighted by Gasteiger charge is -2.34. The molecule has 0 fully saturated rings. The van der Waals surface area contributed by atoms with Crippen molar-refractivity contribution in [1.29, 1.82) is 0 Å². The maximum Gasteiger partial charge on any atom is 0.336 e. The Balaban J connectivity index is 1.23. The summed E-state index contributed by atoms with van der Waals surface area (Å²) in [4.78, 5) is 26.7. The number of carbonyl (C=O) groups is 2. The summed E-state index contributed by atoms with van der Waals surface area (Å²) in [6.07, 6.45) is 5.85. The van der Waals surface area contributed by atoms with Crippen molar-refractivity contribution in [3.8, 4) is 11.5 Å². The van der Waals surface area contributed by atoms with Crippen molar-refractivity contribution >= 4 is 34.3 Å². The zero-order valence-electron chi connectivity index (χ0n) is 21.6. The number of methoxy groups -OCH3 is 1. The number of hydrogen-bond donors (Lipinski definition) is 2. The van der Waals surface area contributed by atoms with Crippen LogP contribution in [0.4, 0.5) is 5.00 Å². The maximum atomic E-state index is 13.1. The number of anilines is 1. The van der Waals surface area contributed by atoms with E-state index >= 15 is 0 Å². The lowest BCUT2D eigenvalue weighted by Crippen LogP contribution is -2.38. The quantitative estimate of drug-likeness (QED) is 0.234. The third-order valence-electron chi connectivity index (χ3n) is 7.23. The van der Waals surface area contributed by atoms with Crippen molar-refractivity contribution < 1.29 is 19.1 Å². The van der Waals surface area contributed by atoms with Crippen LogP contribution in [0.5, 0.6) is 11.5 Å². The number of amides is 1. The number of thiophene rings is 1. The van der Waals surface area contributed by atoms with Crippen LogP contribution in [0.1, 0.15) is 65.3 Å². The van der Waals surface area contributed by atoms with Gasteiger partial charge in [0.15, 0.2) is 0 Å². The lowest BCUT2D eigenvalue weighted by molar-refractivity contribution is -0.128. The number of ether oxygens (including phenoxy) is 2. The highest BCUT2D eigenvalue weighted by atomic mass is 32.1. The summed E-state index contributed by atoms with van der Waals surface area (Å²) in [7, 11) is 1.61. The minimum absolute atomic E-state index is 0.0235. The highest BCUT2D eigenvalue weighted by molar-refractivity contribution is 7.16. The predicted molar refractivity (Wildman–Crippen MR) is 147 cm³/mol. The summed E-state index contributed by atoms with van der Waals surface area (Å²) in [6.45, 7) is 6.90. The second kappa shape index (κ2) is 10.1. The van der Waals surface area contributed by atoms with Crippen molar-refractivity contribution in [1.82, 2.24) is 5.32 Å². The molecule has 0 radical (unpaired) electrons. The van der Waals surface area contributed by atoms with Gasteiger partial charge in [-0.3, -0.25) is 4.79 Å². The SMILES string of the molecule is COc1ccc(C=CC(=O)Oc2ccc(C3NC(=O)c4c(sc5c4CCC(C(C)(C)C)C5)N3)cc2)cc1. The molecule has 192 valence electrons. The van der Waals surface area contributed by atoms with Gasteiger partial charge in [0.1, 0.15) is 22.7 Å². The highest BCUT2D eigenvalue weighted by Gasteiger charge is 2.36. The van der Waals surface area contributed by atoms with Gasteiger partial charge < -0.3 is 20.1 Å². The minimum atomic E-state index is -0.463. The zero-order valence-corrected chi connectivity index (χ0v) is 22.4. The molecule has 2 unspecified atom stereocenters. The Bertz CT molecular complexity index is 1330. The van der Waals surface area contributed by atoms with Gasteiger partial charge in [-0.15, -0.1) is 11.3 Å². The molecule has 2 N–H and O–H groups in total. The predicted octanol–water partition coefficient (Wildman–Crippen LogP) is 6.38. The van der Waals surface area contributed by atoms with Crippen molar-refractivity contribution in [2.45, 2.75) is 46.2 Å². The molecule has 1 aromatic heterocycles. The monoisotopic (exact) mass is 516 g/mol. The van der Waals surface area contributed by atoms with Gasteiger partial charge in [0.05, 0.1) is 12.7 Å². The Labute approximate surface area is 221 Å². The molecule has 1 aliphatic heterocycles. The van der Waals surface area contributed by atoms with Gasteiger partial charge in [-0.05, 0) is 77.6 Å². The molecule has 3 aromatic rings. The van der Waals surface area contributed by atoms with Gasteiger partial charge >= 0.3 is 5.97 Å². The molecule has 0 bridgehead atoms. The number of esters is 1. The molecule has 37 heavy (non-hydrogen) atoms. The Kier molecular flexibility index (Phi) is 6.82. The second-order valence-corrected chi connectivity index (χ2v) is 11.8. The Morgan fingerprint density at radius 2 is 1.73 bits per heavy atom. The summed E-state index contributed by atoms with van der Waals surface area (Å²) < 4.78 is 10.6. The summed E-state index contributed by atoms with van der Waals surface area (Å²) >= 11 is 1.72. The number of fused-ring (bicyclic) bond motifs is 3. The van der Waals surface area contributed by atoms with Crippen molar-refractivity contribution in [2.75, 3.05) is 12.4 Å². The van der Waals surface area contributed by atoms with Crippen LogP contribution in [0.2, 0.25) is 0 Å². The summed E-state index contributed by atoms with van der Waals surface area (Å²) in [6, 6.07) is 14.6. The standard InChI is InChI=1S/C30H32N2O4S/c1-30(2,3)20-10-15-23-24(17-20)37-29-26(23)28(34)31-27(32-29)19-8-13-22(14-9-19)36-25(33)16-7-18-5-11-21(35-4)12-6-18/h5-9,11-14,16,20,27,32H,10,15,17H2,1-4H3,(H,31,34). The van der Waals surface area contributed by atoms with Crippen molar-refractivity contribution in [3.05, 3.63) is 81.7 Å². The first-order valence-corrected chi connectivity index (χ1v) is 13.4. The van der Waals surface area contributed by atoms with Crippen LogP contribution in [-0.4, -0.2) is 19.0 Å². The highest BCUT2D eigenvalue weighted by Crippen LogP contribution is 2.46. The van der Waals surface area contributed by atoms with Crippen molar-refractivity contribution in [3.63, 3.8) is 0 Å². The van der Waals surface area contributed by atoms with E-state index in [1.807, 2.05) is 36.4 Å². The summed E-state index contributed by atoms with van der Waals surface area (Å²) in [5, 5.41) is 7.57. The minimum Gasteiger partial charge on any atom is -0.497 e. The van der Waals surface area contributed by atoms with E-state index in [-0.39, 0.29) is 17.5 Å². The Hall–Kier alpha value is -3.58. The molecule has 0 saturated heterocycles. The van der Waals surface area contributed by atoms with Gasteiger partial charge in [0.2, 0.25) is 0 Å². The molecule has 2 aromatic carbocycles. The fourth-order valence-electron chi connectivity index (χ4n) is 4.96. The number of rotatable bonds is 5. The molecular formula is C30H32N2O4S. The zero-order chi connectivity index (χ0) is 26.2. The first kappa shape index (κ1) is 25.1. The normalized spacial score (nSPS) is 19.0. The first-order valence-electron chi connectivity index (χ1n) is 12.6. The van der Waals surface area contributed by atoms with Crippen LogP contribution in [-0.2, 0) is 17.6 Å². The number of nitrogens with one attached hydrogen (secondary N) is 2. The van der Waals surface area contributed by atoms with Crippen LogP contribution in [0, 0.1) is 11.3 Å².